The number of rotatable bonds is 5. The number of methoxy groups -OCH3 is 1. The van der Waals surface area contributed by atoms with Gasteiger partial charge in [0.05, 0.1) is 13.2 Å². The van der Waals surface area contributed by atoms with E-state index in [0.717, 1.165) is 19.5 Å². The summed E-state index contributed by atoms with van der Waals surface area (Å²) in [5.74, 6) is 0.112. The molecule has 98 valence electrons. The van der Waals surface area contributed by atoms with E-state index in [2.05, 4.69) is 29.6 Å². The fraction of sp³-hybridized carbons (Fsp3) is 0.500. The molecule has 1 aliphatic rings. The van der Waals surface area contributed by atoms with E-state index in [1.54, 1.807) is 7.11 Å². The molecule has 0 saturated carbocycles. The summed E-state index contributed by atoms with van der Waals surface area (Å²) >= 11 is 0. The maximum absolute atomic E-state index is 11.7. The van der Waals surface area contributed by atoms with Gasteiger partial charge in [-0.25, -0.2) is 0 Å². The van der Waals surface area contributed by atoms with Crippen LogP contribution in [0.5, 0.6) is 0 Å². The van der Waals surface area contributed by atoms with Crippen molar-refractivity contribution in [3.05, 3.63) is 35.4 Å². The zero-order valence-electron chi connectivity index (χ0n) is 10.9. The van der Waals surface area contributed by atoms with E-state index < -0.39 is 0 Å². The molecule has 4 nitrogen and oxygen atoms in total. The van der Waals surface area contributed by atoms with Crippen molar-refractivity contribution in [2.45, 2.75) is 13.0 Å². The summed E-state index contributed by atoms with van der Waals surface area (Å²) in [5.41, 5.74) is 2.81. The fourth-order valence-corrected chi connectivity index (χ4v) is 2.38. The molecule has 1 aromatic carbocycles. The van der Waals surface area contributed by atoms with Crippen LogP contribution in [0, 0.1) is 0 Å². The largest absolute Gasteiger partial charge is 0.383 e. The van der Waals surface area contributed by atoms with E-state index in [0.29, 0.717) is 19.7 Å². The topological polar surface area (TPSA) is 42.8 Å². The monoisotopic (exact) mass is 249 g/mol. The summed E-state index contributed by atoms with van der Waals surface area (Å²) in [4.78, 5) is 13.0. The normalized spacial score (nSPS) is 18.2. The van der Waals surface area contributed by atoms with Crippen LogP contribution in [0.2, 0.25) is 0 Å². The van der Waals surface area contributed by atoms with Gasteiger partial charge < -0.3 is 15.0 Å². The first kappa shape index (κ1) is 13.1. The number of carbonyl (C=O) groups is 1. The highest BCUT2D eigenvalue weighted by atomic mass is 16.5. The quantitative estimate of drug-likeness (QED) is 0.684. The van der Waals surface area contributed by atoms with Crippen molar-refractivity contribution in [2.24, 2.45) is 0 Å². The minimum atomic E-state index is 0.112. The second-order valence-electron chi connectivity index (χ2n) is 4.72. The summed E-state index contributed by atoms with van der Waals surface area (Å²) in [6, 6.07) is 8.50. The number of benzene rings is 1. The Morgan fingerprint density at radius 2 is 2.17 bits per heavy atom. The first-order valence-electron chi connectivity index (χ1n) is 6.45. The molecule has 0 aliphatic carbocycles. The van der Waals surface area contributed by atoms with Crippen molar-refractivity contribution in [3.8, 4) is 0 Å². The van der Waals surface area contributed by atoms with E-state index in [1.807, 2.05) is 0 Å². The first-order chi connectivity index (χ1) is 8.79. The van der Waals surface area contributed by atoms with Gasteiger partial charge in [-0.3, -0.25) is 4.79 Å². The van der Waals surface area contributed by atoms with Gasteiger partial charge in [0.1, 0.15) is 6.54 Å². The number of hydrogen-bond acceptors (Lipinski definition) is 2. The number of quaternary nitrogens is 1. The average molecular weight is 249 g/mol. The molecule has 1 unspecified atom stereocenters. The van der Waals surface area contributed by atoms with Crippen LogP contribution < -0.4 is 10.2 Å². The predicted octanol–water partition coefficient (Wildman–Crippen LogP) is -0.610. The van der Waals surface area contributed by atoms with Crippen LogP contribution in [0.15, 0.2) is 24.3 Å². The molecule has 0 radical (unpaired) electrons. The molecule has 1 aromatic rings. The van der Waals surface area contributed by atoms with Gasteiger partial charge in [-0.1, -0.05) is 24.3 Å². The number of fused-ring (bicyclic) bond motifs is 1. The Labute approximate surface area is 108 Å². The molecule has 1 amide bonds. The molecule has 4 heteroatoms. The van der Waals surface area contributed by atoms with E-state index in [-0.39, 0.29) is 5.91 Å². The lowest BCUT2D eigenvalue weighted by Crippen LogP contribution is -3.12. The van der Waals surface area contributed by atoms with Gasteiger partial charge in [0.25, 0.3) is 5.91 Å². The Bertz CT molecular complexity index is 407. The Kier molecular flexibility index (Phi) is 4.73. The number of amides is 1. The molecule has 18 heavy (non-hydrogen) atoms. The highest BCUT2D eigenvalue weighted by molar-refractivity contribution is 5.76. The SMILES string of the molecule is COCCNC(=O)C[NH+]1CCc2ccccc2C1. The summed E-state index contributed by atoms with van der Waals surface area (Å²) < 4.78 is 4.91. The third-order valence-electron chi connectivity index (χ3n) is 3.35. The molecule has 1 heterocycles. The maximum atomic E-state index is 11.7. The van der Waals surface area contributed by atoms with Crippen LogP contribution in [0.3, 0.4) is 0 Å². The van der Waals surface area contributed by atoms with E-state index in [1.165, 1.54) is 16.0 Å². The van der Waals surface area contributed by atoms with E-state index in [9.17, 15) is 4.79 Å². The van der Waals surface area contributed by atoms with Gasteiger partial charge in [0.2, 0.25) is 0 Å². The lowest BCUT2D eigenvalue weighted by molar-refractivity contribution is -0.908. The number of ether oxygens (including phenoxy) is 1. The number of hydrogen-bond donors (Lipinski definition) is 2. The molecule has 0 fully saturated rings. The predicted molar refractivity (Wildman–Crippen MR) is 69.4 cm³/mol. The lowest BCUT2D eigenvalue weighted by atomic mass is 10.00. The molecule has 2 N–H and O–H groups in total. The Morgan fingerprint density at radius 3 is 2.94 bits per heavy atom. The molecule has 1 atom stereocenters. The van der Waals surface area contributed by atoms with Gasteiger partial charge in [0, 0.05) is 25.6 Å². The van der Waals surface area contributed by atoms with Crippen molar-refractivity contribution in [3.63, 3.8) is 0 Å². The van der Waals surface area contributed by atoms with Crippen molar-refractivity contribution >= 4 is 5.91 Å². The van der Waals surface area contributed by atoms with Crippen LogP contribution >= 0.6 is 0 Å². The van der Waals surface area contributed by atoms with Crippen molar-refractivity contribution in [2.75, 3.05) is 33.4 Å². The Morgan fingerprint density at radius 1 is 1.39 bits per heavy atom. The summed E-state index contributed by atoms with van der Waals surface area (Å²) in [6.45, 7) is 3.71. The molecule has 1 aliphatic heterocycles. The van der Waals surface area contributed by atoms with Crippen LogP contribution in [-0.2, 0) is 22.5 Å². The minimum Gasteiger partial charge on any atom is -0.383 e. The zero-order valence-corrected chi connectivity index (χ0v) is 10.9. The van der Waals surface area contributed by atoms with Gasteiger partial charge in [-0.15, -0.1) is 0 Å². The molecular formula is C14H21N2O2+. The lowest BCUT2D eigenvalue weighted by Gasteiger charge is -2.25. The summed E-state index contributed by atoms with van der Waals surface area (Å²) in [6.07, 6.45) is 1.07. The fourth-order valence-electron chi connectivity index (χ4n) is 2.38. The van der Waals surface area contributed by atoms with Crippen molar-refractivity contribution in [1.29, 1.82) is 0 Å². The van der Waals surface area contributed by atoms with Crippen molar-refractivity contribution in [1.82, 2.24) is 5.32 Å². The second kappa shape index (κ2) is 6.52. The standard InChI is InChI=1S/C14H20N2O2/c1-18-9-7-15-14(17)11-16-8-6-12-4-2-3-5-13(12)10-16/h2-5H,6-11H2,1H3,(H,15,17)/p+1. The van der Waals surface area contributed by atoms with Crippen LogP contribution in [0.1, 0.15) is 11.1 Å². The number of carbonyl (C=O) groups excluding carboxylic acids is 1. The Hall–Kier alpha value is -1.39. The molecule has 0 saturated heterocycles. The van der Waals surface area contributed by atoms with Gasteiger partial charge in [-0.05, 0) is 5.56 Å². The Balaban J connectivity index is 1.80. The molecule has 2 rings (SSSR count). The van der Waals surface area contributed by atoms with Crippen LogP contribution in [0.4, 0.5) is 0 Å². The average Bonchev–Trinajstić information content (AvgIpc) is 2.39. The third kappa shape index (κ3) is 3.55. The maximum Gasteiger partial charge on any atom is 0.275 e. The second-order valence-corrected chi connectivity index (χ2v) is 4.72. The highest BCUT2D eigenvalue weighted by Gasteiger charge is 2.20. The van der Waals surface area contributed by atoms with Crippen molar-refractivity contribution < 1.29 is 14.4 Å². The third-order valence-corrected chi connectivity index (χ3v) is 3.35. The van der Waals surface area contributed by atoms with E-state index in [4.69, 9.17) is 4.74 Å². The van der Waals surface area contributed by atoms with Crippen LogP contribution in [0.25, 0.3) is 0 Å². The summed E-state index contributed by atoms with van der Waals surface area (Å²) in [7, 11) is 1.64. The zero-order chi connectivity index (χ0) is 12.8. The minimum absolute atomic E-state index is 0.112. The van der Waals surface area contributed by atoms with E-state index >= 15 is 0 Å². The number of nitrogens with one attached hydrogen (secondary N) is 2. The van der Waals surface area contributed by atoms with Gasteiger partial charge in [-0.2, -0.15) is 0 Å². The van der Waals surface area contributed by atoms with Crippen LogP contribution in [-0.4, -0.2) is 39.3 Å². The van der Waals surface area contributed by atoms with Gasteiger partial charge >= 0.3 is 0 Å². The molecular weight excluding hydrogens is 228 g/mol. The smallest absolute Gasteiger partial charge is 0.275 e. The molecule has 0 spiro atoms. The van der Waals surface area contributed by atoms with Gasteiger partial charge in [0.15, 0.2) is 6.54 Å². The first-order valence-corrected chi connectivity index (χ1v) is 6.45. The molecule has 0 aromatic heterocycles. The summed E-state index contributed by atoms with van der Waals surface area (Å²) in [5, 5.41) is 2.87. The highest BCUT2D eigenvalue weighted by Crippen LogP contribution is 2.10. The molecule has 0 bridgehead atoms.